The molecule has 1 aromatic carbocycles. The number of anilines is 2. The summed E-state index contributed by atoms with van der Waals surface area (Å²) in [6, 6.07) is 4.46. The number of fused-ring (bicyclic) bond motifs is 1. The Bertz CT molecular complexity index is 815. The summed E-state index contributed by atoms with van der Waals surface area (Å²) in [5.74, 6) is -0.0957. The van der Waals surface area contributed by atoms with Crippen molar-refractivity contribution in [1.29, 1.82) is 0 Å². The lowest BCUT2D eigenvalue weighted by Gasteiger charge is -2.33. The van der Waals surface area contributed by atoms with Gasteiger partial charge in [-0.2, -0.15) is 13.2 Å². The van der Waals surface area contributed by atoms with Crippen molar-refractivity contribution in [3.63, 3.8) is 0 Å². The van der Waals surface area contributed by atoms with Gasteiger partial charge in [0.05, 0.1) is 30.9 Å². The van der Waals surface area contributed by atoms with Crippen molar-refractivity contribution in [2.75, 3.05) is 30.4 Å². The topological polar surface area (TPSA) is 106 Å². The Morgan fingerprint density at radius 1 is 1.29 bits per heavy atom. The summed E-state index contributed by atoms with van der Waals surface area (Å²) in [4.78, 5) is 24.0. The first kappa shape index (κ1) is 24.6. The molecule has 0 saturated carbocycles. The number of alkyl halides is 3. The van der Waals surface area contributed by atoms with Gasteiger partial charge in [0, 0.05) is 12.1 Å². The Morgan fingerprint density at radius 3 is 2.55 bits per heavy atom. The molecule has 2 unspecified atom stereocenters. The van der Waals surface area contributed by atoms with Crippen LogP contribution in [0.3, 0.4) is 0 Å². The number of halogens is 3. The number of carbonyl (C=O) groups is 2. The molecule has 1 amide bonds. The highest BCUT2D eigenvalue weighted by Crippen LogP contribution is 2.36. The zero-order valence-corrected chi connectivity index (χ0v) is 17.8. The van der Waals surface area contributed by atoms with Crippen LogP contribution < -0.4 is 15.4 Å². The highest BCUT2D eigenvalue weighted by Gasteiger charge is 2.51. The molecule has 0 fully saturated rings. The smallest absolute Gasteiger partial charge is 0.427 e. The van der Waals surface area contributed by atoms with Gasteiger partial charge in [0.1, 0.15) is 11.9 Å². The maximum absolute atomic E-state index is 12.9. The van der Waals surface area contributed by atoms with E-state index in [1.807, 2.05) is 0 Å². The van der Waals surface area contributed by atoms with Crippen molar-refractivity contribution in [1.82, 2.24) is 0 Å². The third-order valence-corrected chi connectivity index (χ3v) is 4.87. The normalized spacial score (nSPS) is 18.0. The molecule has 0 bridgehead atoms. The first-order valence-corrected chi connectivity index (χ1v) is 9.70. The van der Waals surface area contributed by atoms with E-state index in [-0.39, 0.29) is 18.7 Å². The number of amides is 1. The van der Waals surface area contributed by atoms with Gasteiger partial charge in [-0.3, -0.25) is 10.1 Å². The number of hydrogen-bond acceptors (Lipinski definition) is 7. The molecule has 3 N–H and O–H groups in total. The Hall–Kier alpha value is -2.69. The first-order chi connectivity index (χ1) is 14.3. The van der Waals surface area contributed by atoms with Crippen LogP contribution in [0.4, 0.5) is 29.3 Å². The van der Waals surface area contributed by atoms with Crippen LogP contribution in [0.2, 0.25) is 0 Å². The van der Waals surface area contributed by atoms with Gasteiger partial charge in [0.25, 0.3) is 0 Å². The maximum Gasteiger partial charge on any atom is 0.427 e. The number of hydrogen-bond donors (Lipinski definition) is 3. The highest BCUT2D eigenvalue weighted by atomic mass is 19.4. The molecule has 2 rings (SSSR count). The number of esters is 1. The number of benzene rings is 1. The third kappa shape index (κ3) is 5.93. The minimum absolute atomic E-state index is 0.194. The second-order valence-corrected chi connectivity index (χ2v) is 8.00. The van der Waals surface area contributed by atoms with E-state index in [1.54, 1.807) is 13.8 Å². The number of aliphatic hydroxyl groups is 1. The fraction of sp³-hybridized carbons (Fsp3) is 0.600. The Balaban J connectivity index is 2.03. The number of carbonyl (C=O) groups excluding carboxylic acids is 2. The maximum atomic E-state index is 12.9. The van der Waals surface area contributed by atoms with E-state index in [0.717, 1.165) is 13.8 Å². The van der Waals surface area contributed by atoms with Gasteiger partial charge in [-0.25, -0.2) is 4.79 Å². The second-order valence-electron chi connectivity index (χ2n) is 8.00. The zero-order valence-electron chi connectivity index (χ0n) is 17.8. The van der Waals surface area contributed by atoms with Gasteiger partial charge >= 0.3 is 18.2 Å². The van der Waals surface area contributed by atoms with Gasteiger partial charge in [-0.15, -0.1) is 0 Å². The van der Waals surface area contributed by atoms with Crippen molar-refractivity contribution in [3.05, 3.63) is 18.2 Å². The molecular formula is C20H27F3N2O6. The van der Waals surface area contributed by atoms with E-state index >= 15 is 0 Å². The standard InChI is InChI=1S/C20H27F3N2O6/c1-5-29-16(27)19(4,11-26)9-13-10-24-14-8-12(6-7-15(14)30-13)25-17(28)31-18(2,3)20(21,22)23/h6-8,13,24,26H,5,9-11H2,1-4H3,(H,25,28). The van der Waals surface area contributed by atoms with Crippen LogP contribution in [-0.4, -0.2) is 54.8 Å². The van der Waals surface area contributed by atoms with Crippen molar-refractivity contribution >= 4 is 23.4 Å². The quantitative estimate of drug-likeness (QED) is 0.546. The summed E-state index contributed by atoms with van der Waals surface area (Å²) in [7, 11) is 0. The number of aliphatic hydroxyl groups excluding tert-OH is 1. The number of rotatable bonds is 7. The lowest BCUT2D eigenvalue weighted by atomic mass is 9.85. The Kier molecular flexibility index (Phi) is 7.30. The van der Waals surface area contributed by atoms with E-state index in [2.05, 4.69) is 15.4 Å². The molecular weight excluding hydrogens is 421 g/mol. The lowest BCUT2D eigenvalue weighted by Crippen LogP contribution is -2.44. The van der Waals surface area contributed by atoms with Crippen molar-refractivity contribution in [2.24, 2.45) is 5.41 Å². The molecule has 0 spiro atoms. The van der Waals surface area contributed by atoms with Gasteiger partial charge in [0.15, 0.2) is 0 Å². The van der Waals surface area contributed by atoms with Crippen LogP contribution in [-0.2, 0) is 14.3 Å². The van der Waals surface area contributed by atoms with Crippen LogP contribution in [0.1, 0.15) is 34.1 Å². The second kappa shape index (κ2) is 9.21. The molecule has 11 heteroatoms. The van der Waals surface area contributed by atoms with Crippen LogP contribution in [0.25, 0.3) is 0 Å². The van der Waals surface area contributed by atoms with Crippen molar-refractivity contribution in [2.45, 2.75) is 52.0 Å². The molecule has 1 aliphatic rings. The average Bonchev–Trinajstić information content (AvgIpc) is 2.66. The third-order valence-electron chi connectivity index (χ3n) is 4.87. The molecule has 0 aliphatic carbocycles. The molecule has 1 heterocycles. The van der Waals surface area contributed by atoms with Crippen LogP contribution >= 0.6 is 0 Å². The van der Waals surface area contributed by atoms with Crippen molar-refractivity contribution in [3.8, 4) is 5.75 Å². The predicted molar refractivity (Wildman–Crippen MR) is 106 cm³/mol. The van der Waals surface area contributed by atoms with E-state index in [1.165, 1.54) is 18.2 Å². The van der Waals surface area contributed by atoms with Crippen LogP contribution in [0.15, 0.2) is 18.2 Å². The predicted octanol–water partition coefficient (Wildman–Crippen LogP) is 3.70. The molecule has 31 heavy (non-hydrogen) atoms. The highest BCUT2D eigenvalue weighted by molar-refractivity contribution is 5.86. The number of ether oxygens (including phenoxy) is 3. The van der Waals surface area contributed by atoms with Gasteiger partial charge in [0.2, 0.25) is 5.60 Å². The first-order valence-electron chi connectivity index (χ1n) is 9.70. The lowest BCUT2D eigenvalue weighted by molar-refractivity contribution is -0.242. The summed E-state index contributed by atoms with van der Waals surface area (Å²) < 4.78 is 53.9. The molecule has 2 atom stereocenters. The SMILES string of the molecule is CCOC(=O)C(C)(CO)CC1CNc2cc(NC(=O)OC(C)(C)C(F)(F)F)ccc2O1. The minimum atomic E-state index is -4.71. The minimum Gasteiger partial charge on any atom is -0.486 e. The summed E-state index contributed by atoms with van der Waals surface area (Å²) in [6.07, 6.45) is -6.19. The van der Waals surface area contributed by atoms with E-state index in [4.69, 9.17) is 9.47 Å². The molecule has 0 saturated heterocycles. The van der Waals surface area contributed by atoms with E-state index < -0.39 is 42.0 Å². The Labute approximate surface area is 178 Å². The summed E-state index contributed by atoms with van der Waals surface area (Å²) >= 11 is 0. The van der Waals surface area contributed by atoms with Gasteiger partial charge in [-0.1, -0.05) is 0 Å². The fourth-order valence-corrected chi connectivity index (χ4v) is 2.86. The van der Waals surface area contributed by atoms with Gasteiger partial charge in [-0.05, 0) is 45.9 Å². The summed E-state index contributed by atoms with van der Waals surface area (Å²) in [5.41, 5.74) is -3.05. The number of nitrogens with one attached hydrogen (secondary N) is 2. The molecule has 0 aromatic heterocycles. The van der Waals surface area contributed by atoms with E-state index in [0.29, 0.717) is 18.0 Å². The monoisotopic (exact) mass is 448 g/mol. The summed E-state index contributed by atoms with van der Waals surface area (Å²) in [6.45, 7) is 4.87. The fourth-order valence-electron chi connectivity index (χ4n) is 2.86. The van der Waals surface area contributed by atoms with Crippen molar-refractivity contribution < 1.29 is 42.1 Å². The molecule has 0 radical (unpaired) electrons. The molecule has 174 valence electrons. The molecule has 1 aliphatic heterocycles. The summed E-state index contributed by atoms with van der Waals surface area (Å²) in [5, 5.41) is 15.0. The average molecular weight is 448 g/mol. The van der Waals surface area contributed by atoms with Crippen LogP contribution in [0.5, 0.6) is 5.75 Å². The molecule has 1 aromatic rings. The Morgan fingerprint density at radius 2 is 1.97 bits per heavy atom. The van der Waals surface area contributed by atoms with Gasteiger partial charge < -0.3 is 24.6 Å². The molecule has 8 nitrogen and oxygen atoms in total. The van der Waals surface area contributed by atoms with E-state index in [9.17, 15) is 27.9 Å². The largest absolute Gasteiger partial charge is 0.486 e. The zero-order chi connectivity index (χ0) is 23.4. The van der Waals surface area contributed by atoms with Crippen LogP contribution in [0, 0.1) is 5.41 Å².